The van der Waals surface area contributed by atoms with Gasteiger partial charge in [0.2, 0.25) is 0 Å². The van der Waals surface area contributed by atoms with Crippen molar-refractivity contribution in [2.75, 3.05) is 17.1 Å². The number of carbonyl (C=O) groups excluding carboxylic acids is 2. The van der Waals surface area contributed by atoms with Gasteiger partial charge in [-0.2, -0.15) is 0 Å². The normalized spacial score (nSPS) is 10.8. The number of benzene rings is 4. The zero-order chi connectivity index (χ0) is 25.5. The first kappa shape index (κ1) is 24.5. The average molecular weight is 502 g/mol. The molecule has 3 N–H and O–H groups in total. The maximum Gasteiger partial charge on any atom is 0.261 e. The van der Waals surface area contributed by atoms with Gasteiger partial charge in [-0.05, 0) is 72.8 Å². The minimum Gasteiger partial charge on any atom is -0.457 e. The van der Waals surface area contributed by atoms with Crippen molar-refractivity contribution in [3.8, 4) is 11.5 Å². The number of anilines is 2. The Kier molecular flexibility index (Phi) is 7.31. The Bertz CT molecular complexity index is 1490. The van der Waals surface area contributed by atoms with Crippen LogP contribution in [0.1, 0.15) is 20.7 Å². The molecular weight excluding hydrogens is 478 g/mol. The summed E-state index contributed by atoms with van der Waals surface area (Å²) >= 11 is 0. The smallest absolute Gasteiger partial charge is 0.261 e. The predicted octanol–water partition coefficient (Wildman–Crippen LogP) is 4.89. The van der Waals surface area contributed by atoms with Gasteiger partial charge in [0, 0.05) is 29.5 Å². The highest BCUT2D eigenvalue weighted by atomic mass is 32.2. The van der Waals surface area contributed by atoms with Crippen LogP contribution >= 0.6 is 0 Å². The fourth-order valence-corrected chi connectivity index (χ4v) is 4.42. The second-order valence-electron chi connectivity index (χ2n) is 7.69. The minimum absolute atomic E-state index is 0.0705. The summed E-state index contributed by atoms with van der Waals surface area (Å²) in [6, 6.07) is 27.8. The van der Waals surface area contributed by atoms with E-state index in [4.69, 9.17) is 4.74 Å². The molecule has 4 aromatic rings. The van der Waals surface area contributed by atoms with Gasteiger partial charge < -0.3 is 15.4 Å². The summed E-state index contributed by atoms with van der Waals surface area (Å²) in [7, 11) is -2.44. The zero-order valence-corrected chi connectivity index (χ0v) is 20.1. The number of carbonyl (C=O) groups is 2. The van der Waals surface area contributed by atoms with E-state index in [9.17, 15) is 18.0 Å². The molecule has 0 saturated heterocycles. The van der Waals surface area contributed by atoms with Crippen molar-refractivity contribution in [1.82, 2.24) is 5.32 Å². The molecule has 0 heterocycles. The van der Waals surface area contributed by atoms with Crippen LogP contribution in [-0.2, 0) is 10.0 Å². The fraction of sp³-hybridized carbons (Fsp3) is 0.0370. The Hall–Kier alpha value is -4.63. The molecule has 0 unspecified atom stereocenters. The van der Waals surface area contributed by atoms with Gasteiger partial charge in [0.1, 0.15) is 11.5 Å². The molecular formula is C27H23N3O5S. The third-order valence-electron chi connectivity index (χ3n) is 5.10. The van der Waals surface area contributed by atoms with E-state index in [1.165, 1.54) is 37.4 Å². The number of nitrogens with one attached hydrogen (secondary N) is 3. The predicted molar refractivity (Wildman–Crippen MR) is 138 cm³/mol. The number of para-hydroxylation sites is 1. The minimum atomic E-state index is -3.96. The van der Waals surface area contributed by atoms with Gasteiger partial charge in [0.25, 0.3) is 21.8 Å². The Morgan fingerprint density at radius 1 is 0.667 bits per heavy atom. The number of hydrogen-bond acceptors (Lipinski definition) is 5. The maximum atomic E-state index is 12.9. The Labute approximate surface area is 209 Å². The molecule has 0 aliphatic rings. The van der Waals surface area contributed by atoms with Crippen molar-refractivity contribution < 1.29 is 22.7 Å². The molecule has 0 fully saturated rings. The largest absolute Gasteiger partial charge is 0.457 e. The second-order valence-corrected chi connectivity index (χ2v) is 9.37. The number of ether oxygens (including phenoxy) is 1. The quantitative estimate of drug-likeness (QED) is 0.318. The van der Waals surface area contributed by atoms with Gasteiger partial charge in [0.05, 0.1) is 4.90 Å². The molecule has 9 heteroatoms. The first-order valence-electron chi connectivity index (χ1n) is 10.9. The molecule has 4 rings (SSSR count). The summed E-state index contributed by atoms with van der Waals surface area (Å²) in [5.74, 6) is 0.429. The van der Waals surface area contributed by atoms with Gasteiger partial charge in [-0.3, -0.25) is 14.3 Å². The van der Waals surface area contributed by atoms with Crippen molar-refractivity contribution in [2.24, 2.45) is 0 Å². The van der Waals surface area contributed by atoms with Crippen molar-refractivity contribution in [1.29, 1.82) is 0 Å². The van der Waals surface area contributed by atoms with E-state index in [-0.39, 0.29) is 16.4 Å². The third kappa shape index (κ3) is 6.08. The highest BCUT2D eigenvalue weighted by Crippen LogP contribution is 2.24. The van der Waals surface area contributed by atoms with Gasteiger partial charge in [-0.1, -0.05) is 30.3 Å². The topological polar surface area (TPSA) is 114 Å². The second kappa shape index (κ2) is 10.7. The van der Waals surface area contributed by atoms with Gasteiger partial charge in [-0.25, -0.2) is 8.42 Å². The van der Waals surface area contributed by atoms with Crippen molar-refractivity contribution in [3.05, 3.63) is 114 Å². The van der Waals surface area contributed by atoms with E-state index in [2.05, 4.69) is 15.4 Å². The summed E-state index contributed by atoms with van der Waals surface area (Å²) < 4.78 is 34.1. The number of rotatable bonds is 8. The van der Waals surface area contributed by atoms with Crippen LogP contribution in [0.25, 0.3) is 0 Å². The molecule has 0 aromatic heterocycles. The van der Waals surface area contributed by atoms with E-state index >= 15 is 0 Å². The van der Waals surface area contributed by atoms with E-state index in [0.717, 1.165) is 0 Å². The lowest BCUT2D eigenvalue weighted by Crippen LogP contribution is -2.18. The van der Waals surface area contributed by atoms with Crippen LogP contribution in [0.2, 0.25) is 0 Å². The molecule has 36 heavy (non-hydrogen) atoms. The molecule has 0 aliphatic heterocycles. The SMILES string of the molecule is CNC(=O)c1cccc(NC(=O)c2cccc(S(=O)(=O)Nc3ccc(Oc4ccccc4)cc3)c2)c1. The highest BCUT2D eigenvalue weighted by Gasteiger charge is 2.17. The Morgan fingerprint density at radius 2 is 1.31 bits per heavy atom. The van der Waals surface area contributed by atoms with Crippen LogP contribution < -0.4 is 20.1 Å². The Morgan fingerprint density at radius 3 is 2.00 bits per heavy atom. The zero-order valence-electron chi connectivity index (χ0n) is 19.3. The van der Waals surface area contributed by atoms with Crippen molar-refractivity contribution >= 4 is 33.2 Å². The first-order chi connectivity index (χ1) is 17.3. The van der Waals surface area contributed by atoms with Crippen LogP contribution in [0.15, 0.2) is 108 Å². The monoisotopic (exact) mass is 501 g/mol. The molecule has 8 nitrogen and oxygen atoms in total. The molecule has 0 radical (unpaired) electrons. The maximum absolute atomic E-state index is 12.9. The summed E-state index contributed by atoms with van der Waals surface area (Å²) in [5.41, 5.74) is 1.28. The number of amides is 2. The van der Waals surface area contributed by atoms with Crippen LogP contribution in [0.3, 0.4) is 0 Å². The summed E-state index contributed by atoms with van der Waals surface area (Å²) in [4.78, 5) is 24.5. The van der Waals surface area contributed by atoms with Crippen LogP contribution in [-0.4, -0.2) is 27.3 Å². The number of hydrogen-bond donors (Lipinski definition) is 3. The van der Waals surface area contributed by atoms with Crippen LogP contribution in [0.5, 0.6) is 11.5 Å². The van der Waals surface area contributed by atoms with Crippen LogP contribution in [0, 0.1) is 0 Å². The fourth-order valence-electron chi connectivity index (χ4n) is 3.32. The number of sulfonamides is 1. The average Bonchev–Trinajstić information content (AvgIpc) is 2.90. The lowest BCUT2D eigenvalue weighted by molar-refractivity contribution is 0.0961. The van der Waals surface area contributed by atoms with Crippen LogP contribution in [0.4, 0.5) is 11.4 Å². The first-order valence-corrected chi connectivity index (χ1v) is 12.4. The van der Waals surface area contributed by atoms with E-state index in [0.29, 0.717) is 28.4 Å². The molecule has 0 saturated carbocycles. The molecule has 4 aromatic carbocycles. The molecule has 182 valence electrons. The molecule has 0 bridgehead atoms. The molecule has 0 aliphatic carbocycles. The molecule has 0 spiro atoms. The van der Waals surface area contributed by atoms with Gasteiger partial charge in [-0.15, -0.1) is 0 Å². The van der Waals surface area contributed by atoms with Gasteiger partial charge >= 0.3 is 0 Å². The van der Waals surface area contributed by atoms with E-state index in [1.807, 2.05) is 30.3 Å². The third-order valence-corrected chi connectivity index (χ3v) is 6.48. The van der Waals surface area contributed by atoms with E-state index in [1.54, 1.807) is 42.5 Å². The summed E-state index contributed by atoms with van der Waals surface area (Å²) in [5, 5.41) is 5.20. The lowest BCUT2D eigenvalue weighted by Gasteiger charge is -2.11. The highest BCUT2D eigenvalue weighted by molar-refractivity contribution is 7.92. The summed E-state index contributed by atoms with van der Waals surface area (Å²) in [6.45, 7) is 0. The molecule has 0 atom stereocenters. The standard InChI is InChI=1S/C27H23N3O5S/c1-28-26(31)19-7-5-9-22(17-19)29-27(32)20-8-6-12-25(18-20)36(33,34)30-21-13-15-24(16-14-21)35-23-10-3-2-4-11-23/h2-18,30H,1H3,(H,28,31)(H,29,32). The Balaban J connectivity index is 1.46. The van der Waals surface area contributed by atoms with Crippen molar-refractivity contribution in [3.63, 3.8) is 0 Å². The lowest BCUT2D eigenvalue weighted by atomic mass is 10.1. The van der Waals surface area contributed by atoms with Gasteiger partial charge in [0.15, 0.2) is 0 Å². The van der Waals surface area contributed by atoms with E-state index < -0.39 is 15.9 Å². The summed E-state index contributed by atoms with van der Waals surface area (Å²) in [6.07, 6.45) is 0. The molecule has 2 amide bonds. The van der Waals surface area contributed by atoms with Crippen molar-refractivity contribution in [2.45, 2.75) is 4.90 Å².